The van der Waals surface area contributed by atoms with E-state index in [1.165, 1.54) is 23.5 Å². The maximum Gasteiger partial charge on any atom is 0.185 e. The van der Waals surface area contributed by atoms with Crippen molar-refractivity contribution >= 4 is 33.8 Å². The Morgan fingerprint density at radius 3 is 1.72 bits per heavy atom. The summed E-state index contributed by atoms with van der Waals surface area (Å²) in [7, 11) is 0. The molecule has 0 bridgehead atoms. The van der Waals surface area contributed by atoms with Gasteiger partial charge in [-0.15, -0.1) is 0 Å². The van der Waals surface area contributed by atoms with Gasteiger partial charge in [-0.2, -0.15) is 0 Å². The van der Waals surface area contributed by atoms with Gasteiger partial charge in [0.05, 0.1) is 13.2 Å². The second kappa shape index (κ2) is 6.41. The molecule has 0 radical (unpaired) electrons. The van der Waals surface area contributed by atoms with E-state index in [0.29, 0.717) is 24.7 Å². The van der Waals surface area contributed by atoms with Crippen molar-refractivity contribution in [1.82, 2.24) is 0 Å². The monoisotopic (exact) mass is 292 g/mol. The number of hydrogen-bond acceptors (Lipinski definition) is 6. The molecule has 1 aliphatic rings. The van der Waals surface area contributed by atoms with Crippen LogP contribution in [-0.4, -0.2) is 40.7 Å². The van der Waals surface area contributed by atoms with E-state index in [9.17, 15) is 9.59 Å². The van der Waals surface area contributed by atoms with Crippen molar-refractivity contribution in [2.45, 2.75) is 33.5 Å². The summed E-state index contributed by atoms with van der Waals surface area (Å²) >= 11 is 2.53. The molecule has 0 aliphatic carbocycles. The fraction of sp³-hybridized carbons (Fsp3) is 0.833. The van der Waals surface area contributed by atoms with Crippen LogP contribution in [0.15, 0.2) is 0 Å². The summed E-state index contributed by atoms with van der Waals surface area (Å²) in [6, 6.07) is 0. The third kappa shape index (κ3) is 5.30. The Morgan fingerprint density at radius 2 is 1.39 bits per heavy atom. The van der Waals surface area contributed by atoms with Crippen LogP contribution in [0.2, 0.25) is 0 Å². The first-order valence-electron chi connectivity index (χ1n) is 5.79. The molecule has 0 N–H and O–H groups in total. The smallest absolute Gasteiger partial charge is 0.185 e. The molecule has 0 aromatic carbocycles. The molecular weight excluding hydrogens is 272 g/mol. The van der Waals surface area contributed by atoms with Crippen molar-refractivity contribution < 1.29 is 19.1 Å². The van der Waals surface area contributed by atoms with Gasteiger partial charge in [0.1, 0.15) is 0 Å². The van der Waals surface area contributed by atoms with Gasteiger partial charge < -0.3 is 9.47 Å². The van der Waals surface area contributed by atoms with E-state index >= 15 is 0 Å². The quantitative estimate of drug-likeness (QED) is 0.792. The van der Waals surface area contributed by atoms with Crippen LogP contribution in [0.4, 0.5) is 0 Å². The van der Waals surface area contributed by atoms with E-state index in [0.717, 1.165) is 0 Å². The van der Waals surface area contributed by atoms with E-state index in [2.05, 4.69) is 0 Å². The van der Waals surface area contributed by atoms with Crippen molar-refractivity contribution in [3.05, 3.63) is 0 Å². The molecule has 0 amide bonds. The number of thioether (sulfide) groups is 2. The van der Waals surface area contributed by atoms with Gasteiger partial charge in [-0.1, -0.05) is 23.5 Å². The standard InChI is InChI=1S/C12H20O4S2/c1-9(13)17-7-12(8-18-10(2)14)5-15-11(3,4)16-6-12/h5-8H2,1-4H3. The van der Waals surface area contributed by atoms with Gasteiger partial charge in [-0.25, -0.2) is 0 Å². The van der Waals surface area contributed by atoms with Crippen LogP contribution in [0, 0.1) is 5.41 Å². The number of carbonyl (C=O) groups excluding carboxylic acids is 2. The molecule has 1 fully saturated rings. The summed E-state index contributed by atoms with van der Waals surface area (Å²) in [5.41, 5.74) is -0.262. The lowest BCUT2D eigenvalue weighted by atomic mass is 9.94. The Bertz CT molecular complexity index is 298. The topological polar surface area (TPSA) is 52.6 Å². The van der Waals surface area contributed by atoms with E-state index in [1.807, 2.05) is 13.8 Å². The summed E-state index contributed by atoms with van der Waals surface area (Å²) in [6.07, 6.45) is 0. The summed E-state index contributed by atoms with van der Waals surface area (Å²) < 4.78 is 11.3. The molecule has 0 aromatic heterocycles. The number of rotatable bonds is 4. The Balaban J connectivity index is 2.63. The normalized spacial score (nSPS) is 21.6. The fourth-order valence-electron chi connectivity index (χ4n) is 1.45. The van der Waals surface area contributed by atoms with Crippen LogP contribution in [0.25, 0.3) is 0 Å². The fourth-order valence-corrected chi connectivity index (χ4v) is 3.14. The lowest BCUT2D eigenvalue weighted by molar-refractivity contribution is -0.277. The first-order valence-corrected chi connectivity index (χ1v) is 7.76. The molecule has 1 saturated heterocycles. The lowest BCUT2D eigenvalue weighted by Gasteiger charge is -2.43. The maximum absolute atomic E-state index is 11.1. The SMILES string of the molecule is CC(=O)SCC1(CSC(C)=O)COC(C)(C)OC1. The zero-order chi connectivity index (χ0) is 13.8. The molecule has 0 aromatic rings. The van der Waals surface area contributed by atoms with Crippen molar-refractivity contribution in [1.29, 1.82) is 0 Å². The van der Waals surface area contributed by atoms with Gasteiger partial charge in [0.15, 0.2) is 16.0 Å². The van der Waals surface area contributed by atoms with Gasteiger partial charge in [0.2, 0.25) is 0 Å². The van der Waals surface area contributed by atoms with Crippen LogP contribution in [-0.2, 0) is 19.1 Å². The summed E-state index contributed by atoms with van der Waals surface area (Å²) in [4.78, 5) is 22.2. The van der Waals surface area contributed by atoms with Gasteiger partial charge in [0, 0.05) is 30.8 Å². The predicted octanol–water partition coefficient (Wildman–Crippen LogP) is 2.32. The minimum absolute atomic E-state index is 0.0760. The third-order valence-corrected chi connectivity index (χ3v) is 4.94. The minimum atomic E-state index is -0.578. The highest BCUT2D eigenvalue weighted by Gasteiger charge is 2.40. The third-order valence-electron chi connectivity index (χ3n) is 2.62. The number of carbonyl (C=O) groups is 2. The van der Waals surface area contributed by atoms with E-state index in [-0.39, 0.29) is 15.6 Å². The van der Waals surface area contributed by atoms with Gasteiger partial charge in [-0.05, 0) is 13.8 Å². The van der Waals surface area contributed by atoms with E-state index in [1.54, 1.807) is 13.8 Å². The summed E-state index contributed by atoms with van der Waals surface area (Å²) in [5, 5.41) is 0.152. The maximum atomic E-state index is 11.1. The molecule has 6 heteroatoms. The Hall–Kier alpha value is -0.0400. The lowest BCUT2D eigenvalue weighted by Crippen LogP contribution is -2.49. The van der Waals surface area contributed by atoms with Crippen LogP contribution < -0.4 is 0 Å². The molecular formula is C12H20O4S2. The van der Waals surface area contributed by atoms with Crippen LogP contribution >= 0.6 is 23.5 Å². The zero-order valence-corrected chi connectivity index (χ0v) is 12.9. The molecule has 0 spiro atoms. The Labute approximate surface area is 117 Å². The highest BCUT2D eigenvalue weighted by Crippen LogP contribution is 2.35. The highest BCUT2D eigenvalue weighted by molar-refractivity contribution is 8.14. The molecule has 1 rings (SSSR count). The molecule has 1 heterocycles. The van der Waals surface area contributed by atoms with Crippen molar-refractivity contribution in [3.8, 4) is 0 Å². The van der Waals surface area contributed by atoms with Crippen molar-refractivity contribution in [2.75, 3.05) is 24.7 Å². The second-order valence-corrected chi connectivity index (χ2v) is 7.34. The van der Waals surface area contributed by atoms with Gasteiger partial charge in [0.25, 0.3) is 0 Å². The average molecular weight is 292 g/mol. The van der Waals surface area contributed by atoms with Crippen molar-refractivity contribution in [2.24, 2.45) is 5.41 Å². The number of hydrogen-bond donors (Lipinski definition) is 0. The van der Waals surface area contributed by atoms with E-state index in [4.69, 9.17) is 9.47 Å². The van der Waals surface area contributed by atoms with Crippen LogP contribution in [0.1, 0.15) is 27.7 Å². The van der Waals surface area contributed by atoms with Gasteiger partial charge in [-0.3, -0.25) is 9.59 Å². The largest absolute Gasteiger partial charge is 0.350 e. The first kappa shape index (κ1) is 16.0. The Kier molecular flexibility index (Phi) is 5.70. The van der Waals surface area contributed by atoms with E-state index < -0.39 is 5.79 Å². The molecule has 0 atom stereocenters. The predicted molar refractivity (Wildman–Crippen MR) is 74.7 cm³/mol. The summed E-state index contributed by atoms with van der Waals surface area (Å²) in [5.74, 6) is 0.669. The molecule has 104 valence electrons. The van der Waals surface area contributed by atoms with Crippen molar-refractivity contribution in [3.63, 3.8) is 0 Å². The highest BCUT2D eigenvalue weighted by atomic mass is 32.2. The average Bonchev–Trinajstić information content (AvgIpc) is 2.27. The zero-order valence-electron chi connectivity index (χ0n) is 11.3. The molecule has 0 unspecified atom stereocenters. The summed E-state index contributed by atoms with van der Waals surface area (Å²) in [6.45, 7) is 7.86. The van der Waals surface area contributed by atoms with Gasteiger partial charge >= 0.3 is 0 Å². The molecule has 0 saturated carbocycles. The minimum Gasteiger partial charge on any atom is -0.350 e. The number of ether oxygens (including phenoxy) is 2. The Morgan fingerprint density at radius 1 is 1.00 bits per heavy atom. The molecule has 4 nitrogen and oxygen atoms in total. The molecule has 1 aliphatic heterocycles. The van der Waals surface area contributed by atoms with Crippen LogP contribution in [0.5, 0.6) is 0 Å². The first-order chi connectivity index (χ1) is 8.25. The molecule has 18 heavy (non-hydrogen) atoms. The second-order valence-electron chi connectivity index (χ2n) is 5.04. The van der Waals surface area contributed by atoms with Crippen LogP contribution in [0.3, 0.4) is 0 Å².